The number of anilines is 1. The van der Waals surface area contributed by atoms with Crippen LogP contribution in [0.25, 0.3) is 10.8 Å². The Morgan fingerprint density at radius 2 is 1.74 bits per heavy atom. The van der Waals surface area contributed by atoms with E-state index in [4.69, 9.17) is 4.74 Å². The van der Waals surface area contributed by atoms with E-state index in [0.717, 1.165) is 41.2 Å². The number of ether oxygens (including phenoxy) is 1. The van der Waals surface area contributed by atoms with E-state index in [1.165, 1.54) is 0 Å². The minimum absolute atomic E-state index is 0.0407. The van der Waals surface area contributed by atoms with E-state index in [2.05, 4.69) is 28.2 Å². The molecule has 0 aliphatic carbocycles. The molecule has 1 N–H and O–H groups in total. The van der Waals surface area contributed by atoms with Crippen molar-refractivity contribution >= 4 is 44.2 Å². The lowest BCUT2D eigenvalue weighted by molar-refractivity contribution is -0.118. The molecular weight excluding hydrogens is 456 g/mol. The van der Waals surface area contributed by atoms with Crippen LogP contribution < -0.4 is 10.1 Å². The summed E-state index contributed by atoms with van der Waals surface area (Å²) in [6.45, 7) is 3.56. The van der Waals surface area contributed by atoms with E-state index in [1.54, 1.807) is 12.1 Å². The number of carbonyl (C=O) groups excluding carboxylic acids is 2. The fourth-order valence-corrected chi connectivity index (χ4v) is 4.42. The van der Waals surface area contributed by atoms with Crippen molar-refractivity contribution in [3.8, 4) is 5.75 Å². The first-order valence-electron chi connectivity index (χ1n) is 10.5. The van der Waals surface area contributed by atoms with Crippen molar-refractivity contribution in [3.05, 3.63) is 70.7 Å². The number of para-hydroxylation sites is 1. The predicted octanol–water partition coefficient (Wildman–Crippen LogP) is 5.49. The van der Waals surface area contributed by atoms with Gasteiger partial charge < -0.3 is 15.0 Å². The van der Waals surface area contributed by atoms with E-state index in [-0.39, 0.29) is 18.4 Å². The lowest BCUT2D eigenvalue weighted by atomic mass is 9.98. The van der Waals surface area contributed by atoms with Gasteiger partial charge in [-0.15, -0.1) is 0 Å². The molecular formula is C25H25BrN2O3. The monoisotopic (exact) mass is 480 g/mol. The van der Waals surface area contributed by atoms with Gasteiger partial charge in [0.1, 0.15) is 5.75 Å². The van der Waals surface area contributed by atoms with E-state index in [9.17, 15) is 9.59 Å². The van der Waals surface area contributed by atoms with Gasteiger partial charge in [-0.05, 0) is 63.7 Å². The molecule has 31 heavy (non-hydrogen) atoms. The van der Waals surface area contributed by atoms with Crippen LogP contribution in [0, 0.1) is 5.92 Å². The zero-order valence-corrected chi connectivity index (χ0v) is 19.0. The summed E-state index contributed by atoms with van der Waals surface area (Å²) in [6, 6.07) is 18.9. The molecule has 6 heteroatoms. The van der Waals surface area contributed by atoms with Crippen LogP contribution in [0.5, 0.6) is 5.75 Å². The van der Waals surface area contributed by atoms with E-state index < -0.39 is 0 Å². The number of nitrogens with one attached hydrogen (secondary N) is 1. The van der Waals surface area contributed by atoms with Crippen molar-refractivity contribution in [2.45, 2.75) is 19.8 Å². The molecule has 2 amide bonds. The fraction of sp³-hybridized carbons (Fsp3) is 0.280. The fourth-order valence-electron chi connectivity index (χ4n) is 3.82. The highest BCUT2D eigenvalue weighted by molar-refractivity contribution is 9.10. The molecule has 0 bridgehead atoms. The third-order valence-corrected chi connectivity index (χ3v) is 6.51. The van der Waals surface area contributed by atoms with Gasteiger partial charge in [-0.3, -0.25) is 9.59 Å². The largest absolute Gasteiger partial charge is 0.483 e. The Kier molecular flexibility index (Phi) is 6.56. The molecule has 0 saturated carbocycles. The zero-order chi connectivity index (χ0) is 21.8. The molecule has 0 aromatic heterocycles. The summed E-state index contributed by atoms with van der Waals surface area (Å²) in [6.07, 6.45) is 2.02. The normalized spacial score (nSPS) is 14.5. The number of likely N-dealkylation sites (tertiary alicyclic amines) is 1. The molecule has 1 aliphatic rings. The Labute approximate surface area is 190 Å². The smallest absolute Gasteiger partial charge is 0.262 e. The lowest BCUT2D eigenvalue weighted by Crippen LogP contribution is -2.38. The molecule has 0 atom stereocenters. The molecule has 0 unspecified atom stereocenters. The highest BCUT2D eigenvalue weighted by Gasteiger charge is 2.23. The summed E-state index contributed by atoms with van der Waals surface area (Å²) >= 11 is 3.57. The SMILES string of the molecule is CC1CCN(C(=O)c2ccccc2NC(=O)COc2ccc3ccccc3c2Br)CC1. The minimum Gasteiger partial charge on any atom is -0.483 e. The van der Waals surface area contributed by atoms with Crippen LogP contribution in [0.15, 0.2) is 65.1 Å². The maximum absolute atomic E-state index is 13.0. The molecule has 4 rings (SSSR count). The highest BCUT2D eigenvalue weighted by Crippen LogP contribution is 2.33. The summed E-state index contributed by atoms with van der Waals surface area (Å²) in [5.74, 6) is 0.889. The Bertz CT molecular complexity index is 1110. The number of rotatable bonds is 5. The minimum atomic E-state index is -0.312. The maximum Gasteiger partial charge on any atom is 0.262 e. The van der Waals surface area contributed by atoms with Gasteiger partial charge in [0.2, 0.25) is 0 Å². The molecule has 3 aromatic carbocycles. The van der Waals surface area contributed by atoms with E-state index in [0.29, 0.717) is 22.9 Å². The number of nitrogens with zero attached hydrogens (tertiary/aromatic N) is 1. The molecule has 3 aromatic rings. The van der Waals surface area contributed by atoms with Gasteiger partial charge in [0.05, 0.1) is 15.7 Å². The number of carbonyl (C=O) groups is 2. The predicted molar refractivity (Wildman–Crippen MR) is 127 cm³/mol. The number of fused-ring (bicyclic) bond motifs is 1. The Morgan fingerprint density at radius 1 is 1.03 bits per heavy atom. The first kappa shape index (κ1) is 21.4. The van der Waals surface area contributed by atoms with Gasteiger partial charge in [-0.25, -0.2) is 0 Å². The number of hydrogen-bond donors (Lipinski definition) is 1. The van der Waals surface area contributed by atoms with Crippen molar-refractivity contribution < 1.29 is 14.3 Å². The highest BCUT2D eigenvalue weighted by atomic mass is 79.9. The van der Waals surface area contributed by atoms with Crippen molar-refractivity contribution in [3.63, 3.8) is 0 Å². The van der Waals surface area contributed by atoms with Gasteiger partial charge in [0.15, 0.2) is 6.61 Å². The number of piperidine rings is 1. The van der Waals surface area contributed by atoms with Crippen molar-refractivity contribution in [2.75, 3.05) is 25.0 Å². The van der Waals surface area contributed by atoms with E-state index in [1.807, 2.05) is 53.4 Å². The summed E-state index contributed by atoms with van der Waals surface area (Å²) in [7, 11) is 0. The number of halogens is 1. The lowest BCUT2D eigenvalue weighted by Gasteiger charge is -2.30. The maximum atomic E-state index is 13.0. The summed E-state index contributed by atoms with van der Waals surface area (Å²) in [4.78, 5) is 27.4. The number of amides is 2. The molecule has 0 spiro atoms. The Hall–Kier alpha value is -2.86. The first-order valence-corrected chi connectivity index (χ1v) is 11.3. The van der Waals surface area contributed by atoms with Gasteiger partial charge >= 0.3 is 0 Å². The average Bonchev–Trinajstić information content (AvgIpc) is 2.79. The van der Waals surface area contributed by atoms with Gasteiger partial charge in [0.25, 0.3) is 11.8 Å². The van der Waals surface area contributed by atoms with Crippen LogP contribution in [0.2, 0.25) is 0 Å². The molecule has 1 heterocycles. The molecule has 160 valence electrons. The molecule has 5 nitrogen and oxygen atoms in total. The van der Waals surface area contributed by atoms with Gasteiger partial charge in [0, 0.05) is 13.1 Å². The second kappa shape index (κ2) is 9.52. The topological polar surface area (TPSA) is 58.6 Å². The third kappa shape index (κ3) is 4.90. The van der Waals surface area contributed by atoms with Crippen molar-refractivity contribution in [1.29, 1.82) is 0 Å². The molecule has 1 aliphatic heterocycles. The van der Waals surface area contributed by atoms with Crippen molar-refractivity contribution in [1.82, 2.24) is 4.90 Å². The summed E-state index contributed by atoms with van der Waals surface area (Å²) in [5.41, 5.74) is 1.02. The van der Waals surface area contributed by atoms with Crippen LogP contribution in [0.1, 0.15) is 30.1 Å². The Morgan fingerprint density at radius 3 is 2.55 bits per heavy atom. The first-order chi connectivity index (χ1) is 15.0. The van der Waals surface area contributed by atoms with Gasteiger partial charge in [-0.2, -0.15) is 0 Å². The average molecular weight is 481 g/mol. The van der Waals surface area contributed by atoms with Gasteiger partial charge in [-0.1, -0.05) is 49.4 Å². The molecule has 1 fully saturated rings. The standard InChI is InChI=1S/C25H25BrN2O3/c1-17-12-14-28(15-13-17)25(30)20-8-4-5-9-21(20)27-23(29)16-31-22-11-10-18-6-2-3-7-19(18)24(22)26/h2-11,17H,12-16H2,1H3,(H,27,29). The second-order valence-corrected chi connectivity index (χ2v) is 8.75. The summed E-state index contributed by atoms with van der Waals surface area (Å²) < 4.78 is 6.57. The van der Waals surface area contributed by atoms with Crippen LogP contribution in [-0.4, -0.2) is 36.4 Å². The molecule has 0 radical (unpaired) electrons. The second-order valence-electron chi connectivity index (χ2n) is 7.96. The molecule has 1 saturated heterocycles. The third-order valence-electron chi connectivity index (χ3n) is 5.69. The zero-order valence-electron chi connectivity index (χ0n) is 17.4. The quantitative estimate of drug-likeness (QED) is 0.524. The number of hydrogen-bond acceptors (Lipinski definition) is 3. The van der Waals surface area contributed by atoms with Crippen LogP contribution in [0.4, 0.5) is 5.69 Å². The van der Waals surface area contributed by atoms with Crippen LogP contribution in [0.3, 0.4) is 0 Å². The Balaban J connectivity index is 1.42. The van der Waals surface area contributed by atoms with E-state index >= 15 is 0 Å². The van der Waals surface area contributed by atoms with Crippen LogP contribution >= 0.6 is 15.9 Å². The number of benzene rings is 3. The summed E-state index contributed by atoms with van der Waals surface area (Å²) in [5, 5.41) is 4.95. The van der Waals surface area contributed by atoms with Crippen LogP contribution in [-0.2, 0) is 4.79 Å². The van der Waals surface area contributed by atoms with Crippen molar-refractivity contribution in [2.24, 2.45) is 5.92 Å².